The highest BCUT2D eigenvalue weighted by Crippen LogP contribution is 2.29. The van der Waals surface area contributed by atoms with E-state index >= 15 is 0 Å². The molecule has 3 aromatic carbocycles. The number of halogens is 1. The minimum atomic E-state index is -3.83. The number of benzene rings is 3. The van der Waals surface area contributed by atoms with Crippen LogP contribution >= 0.6 is 15.9 Å². The van der Waals surface area contributed by atoms with Gasteiger partial charge < -0.3 is 14.2 Å². The lowest BCUT2D eigenvalue weighted by Crippen LogP contribution is -2.18. The molecule has 10 heteroatoms. The number of carbonyl (C=O) groups is 1. The molecule has 0 amide bonds. The number of sulfonamides is 1. The first kappa shape index (κ1) is 23.3. The van der Waals surface area contributed by atoms with Crippen molar-refractivity contribution in [1.29, 1.82) is 0 Å². The molecule has 0 radical (unpaired) electrons. The van der Waals surface area contributed by atoms with Gasteiger partial charge in [-0.05, 0) is 48.5 Å². The van der Waals surface area contributed by atoms with Crippen LogP contribution in [0.1, 0.15) is 15.9 Å². The predicted molar refractivity (Wildman–Crippen MR) is 123 cm³/mol. The second kappa shape index (κ2) is 10.3. The fourth-order valence-corrected chi connectivity index (χ4v) is 3.84. The third-order valence-corrected chi connectivity index (χ3v) is 5.96. The number of methoxy groups -OCH3 is 2. The fraction of sp³-hybridized carbons (Fsp3) is 0.0909. The van der Waals surface area contributed by atoms with Crippen molar-refractivity contribution in [2.45, 2.75) is 4.90 Å². The summed E-state index contributed by atoms with van der Waals surface area (Å²) in [7, 11) is -0.867. The van der Waals surface area contributed by atoms with Crippen LogP contribution in [0.2, 0.25) is 0 Å². The van der Waals surface area contributed by atoms with Crippen molar-refractivity contribution in [3.05, 3.63) is 82.3 Å². The summed E-state index contributed by atoms with van der Waals surface area (Å²) in [6.07, 6.45) is 1.25. The third kappa shape index (κ3) is 5.65. The van der Waals surface area contributed by atoms with Gasteiger partial charge >= 0.3 is 5.97 Å². The van der Waals surface area contributed by atoms with Crippen molar-refractivity contribution in [3.63, 3.8) is 0 Å². The maximum absolute atomic E-state index is 12.7. The number of nitrogens with one attached hydrogen (secondary N) is 1. The summed E-state index contributed by atoms with van der Waals surface area (Å²) in [6, 6.07) is 17.4. The summed E-state index contributed by atoms with van der Waals surface area (Å²) in [6.45, 7) is 0. The number of rotatable bonds is 8. The second-order valence-corrected chi connectivity index (χ2v) is 8.88. The van der Waals surface area contributed by atoms with Crippen LogP contribution in [0.15, 0.2) is 81.2 Å². The molecule has 0 atom stereocenters. The zero-order valence-corrected chi connectivity index (χ0v) is 19.5. The Bertz CT molecular complexity index is 1250. The average Bonchev–Trinajstić information content (AvgIpc) is 2.80. The van der Waals surface area contributed by atoms with Gasteiger partial charge in [-0.25, -0.2) is 9.63 Å². The van der Waals surface area contributed by atoms with E-state index in [9.17, 15) is 13.2 Å². The summed E-state index contributed by atoms with van der Waals surface area (Å²) in [5.74, 6) is 0.421. The highest BCUT2D eigenvalue weighted by molar-refractivity contribution is 9.10. The summed E-state index contributed by atoms with van der Waals surface area (Å²) >= 11 is 3.34. The molecule has 8 nitrogen and oxygen atoms in total. The van der Waals surface area contributed by atoms with Gasteiger partial charge in [-0.2, -0.15) is 13.5 Å². The lowest BCUT2D eigenvalue weighted by molar-refractivity contribution is 0.0734. The normalized spacial score (nSPS) is 11.2. The lowest BCUT2D eigenvalue weighted by atomic mass is 10.2. The van der Waals surface area contributed by atoms with E-state index in [1.807, 2.05) is 0 Å². The number of esters is 1. The van der Waals surface area contributed by atoms with Crippen LogP contribution in [0.4, 0.5) is 0 Å². The molecule has 0 saturated carbocycles. The maximum atomic E-state index is 12.7. The van der Waals surface area contributed by atoms with E-state index < -0.39 is 16.0 Å². The highest BCUT2D eigenvalue weighted by Gasteiger charge is 2.15. The lowest BCUT2D eigenvalue weighted by Gasteiger charge is -2.11. The third-order valence-electron chi connectivity index (χ3n) is 4.22. The van der Waals surface area contributed by atoms with Gasteiger partial charge in [0, 0.05) is 10.0 Å². The Morgan fingerprint density at radius 1 is 0.938 bits per heavy atom. The van der Waals surface area contributed by atoms with Crippen LogP contribution < -0.4 is 19.0 Å². The van der Waals surface area contributed by atoms with Gasteiger partial charge in [0.15, 0.2) is 11.5 Å². The minimum Gasteiger partial charge on any atom is -0.493 e. The van der Waals surface area contributed by atoms with Crippen molar-refractivity contribution in [3.8, 4) is 17.2 Å². The van der Waals surface area contributed by atoms with Crippen molar-refractivity contribution in [2.75, 3.05) is 14.2 Å². The molecule has 0 saturated heterocycles. The van der Waals surface area contributed by atoms with Gasteiger partial charge in [-0.3, -0.25) is 0 Å². The summed E-state index contributed by atoms with van der Waals surface area (Å²) < 4.78 is 41.2. The Morgan fingerprint density at radius 3 is 2.31 bits per heavy atom. The van der Waals surface area contributed by atoms with Gasteiger partial charge in [0.1, 0.15) is 5.75 Å². The van der Waals surface area contributed by atoms with Crippen molar-refractivity contribution < 1.29 is 27.4 Å². The summed E-state index contributed by atoms with van der Waals surface area (Å²) in [5, 5.41) is 3.81. The Kier molecular flexibility index (Phi) is 7.49. The van der Waals surface area contributed by atoms with E-state index in [1.165, 1.54) is 38.6 Å². The Balaban J connectivity index is 1.81. The number of nitrogens with zero attached hydrogens (tertiary/aromatic N) is 1. The largest absolute Gasteiger partial charge is 0.493 e. The first-order valence-corrected chi connectivity index (χ1v) is 11.5. The Hall–Kier alpha value is -3.37. The molecular formula is C22H19BrN2O6S. The number of hydrogen-bond donors (Lipinski definition) is 1. The van der Waals surface area contributed by atoms with E-state index in [-0.39, 0.29) is 16.2 Å². The first-order chi connectivity index (χ1) is 15.3. The molecule has 0 bridgehead atoms. The molecule has 0 aliphatic rings. The molecule has 0 heterocycles. The standard InChI is InChI=1S/C22H19BrN2O6S/c1-29-20-10-8-15(13-21(20)30-2)22(26)31-19-11-9-17(23)12-16(19)14-24-25-32(27,28)18-6-4-3-5-7-18/h3-14,25H,1-2H3/b24-14-. The fourth-order valence-electron chi connectivity index (χ4n) is 2.65. The summed E-state index contributed by atoms with van der Waals surface area (Å²) in [5.41, 5.74) is 0.627. The van der Waals surface area contributed by atoms with Gasteiger partial charge in [-0.1, -0.05) is 34.1 Å². The van der Waals surface area contributed by atoms with Crippen molar-refractivity contribution in [2.24, 2.45) is 5.10 Å². The molecule has 32 heavy (non-hydrogen) atoms. The van der Waals surface area contributed by atoms with Gasteiger partial charge in [0.25, 0.3) is 10.0 Å². The zero-order chi connectivity index (χ0) is 23.1. The van der Waals surface area contributed by atoms with Crippen LogP contribution in [0, 0.1) is 0 Å². The van der Waals surface area contributed by atoms with Gasteiger partial charge in [-0.15, -0.1) is 0 Å². The van der Waals surface area contributed by atoms with Gasteiger partial charge in [0.05, 0.1) is 30.9 Å². The van der Waals surface area contributed by atoms with Crippen molar-refractivity contribution >= 4 is 38.1 Å². The van der Waals surface area contributed by atoms with E-state index in [2.05, 4.69) is 25.9 Å². The van der Waals surface area contributed by atoms with Crippen LogP contribution in [0.25, 0.3) is 0 Å². The average molecular weight is 519 g/mol. The van der Waals surface area contributed by atoms with Crippen LogP contribution in [0.3, 0.4) is 0 Å². The number of ether oxygens (including phenoxy) is 3. The first-order valence-electron chi connectivity index (χ1n) is 9.17. The van der Waals surface area contributed by atoms with Crippen LogP contribution in [-0.4, -0.2) is 34.8 Å². The molecule has 0 aromatic heterocycles. The molecule has 0 unspecified atom stereocenters. The molecule has 166 valence electrons. The van der Waals surface area contributed by atoms with E-state index in [0.29, 0.717) is 21.5 Å². The number of hydrogen-bond acceptors (Lipinski definition) is 7. The molecular weight excluding hydrogens is 500 g/mol. The van der Waals surface area contributed by atoms with E-state index in [1.54, 1.807) is 48.5 Å². The quantitative estimate of drug-likeness (QED) is 0.209. The number of hydrazone groups is 1. The smallest absolute Gasteiger partial charge is 0.343 e. The molecule has 1 N–H and O–H groups in total. The predicted octanol–water partition coefficient (Wildman–Crippen LogP) is 4.00. The van der Waals surface area contributed by atoms with Gasteiger partial charge in [0.2, 0.25) is 0 Å². The van der Waals surface area contributed by atoms with Crippen LogP contribution in [0.5, 0.6) is 17.2 Å². The molecule has 0 fully saturated rings. The van der Waals surface area contributed by atoms with E-state index in [4.69, 9.17) is 14.2 Å². The van der Waals surface area contributed by atoms with E-state index in [0.717, 1.165) is 0 Å². The molecule has 0 spiro atoms. The van der Waals surface area contributed by atoms with Crippen LogP contribution in [-0.2, 0) is 10.0 Å². The van der Waals surface area contributed by atoms with Crippen molar-refractivity contribution in [1.82, 2.24) is 4.83 Å². The molecule has 3 aromatic rings. The molecule has 0 aliphatic carbocycles. The Morgan fingerprint density at radius 2 is 1.62 bits per heavy atom. The Labute approximate surface area is 194 Å². The maximum Gasteiger partial charge on any atom is 0.343 e. The zero-order valence-electron chi connectivity index (χ0n) is 17.1. The SMILES string of the molecule is COc1ccc(C(=O)Oc2ccc(Br)cc2/C=N\NS(=O)(=O)c2ccccc2)cc1OC. The highest BCUT2D eigenvalue weighted by atomic mass is 79.9. The molecule has 0 aliphatic heterocycles. The summed E-state index contributed by atoms with van der Waals surface area (Å²) in [4.78, 5) is 14.9. The minimum absolute atomic E-state index is 0.0755. The second-order valence-electron chi connectivity index (χ2n) is 6.31. The molecule has 3 rings (SSSR count). The number of carbonyl (C=O) groups excluding carboxylic acids is 1. The topological polar surface area (TPSA) is 103 Å². The monoisotopic (exact) mass is 518 g/mol.